The Labute approximate surface area is 141 Å². The summed E-state index contributed by atoms with van der Waals surface area (Å²) >= 11 is 6.23. The van der Waals surface area contributed by atoms with E-state index in [4.69, 9.17) is 16.3 Å². The molecule has 2 N–H and O–H groups in total. The maximum absolute atomic E-state index is 12.7. The zero-order valence-corrected chi connectivity index (χ0v) is 14.1. The Morgan fingerprint density at radius 1 is 1.57 bits per heavy atom. The number of ether oxygens (including phenoxy) is 1. The van der Waals surface area contributed by atoms with Crippen molar-refractivity contribution in [1.29, 1.82) is 0 Å². The van der Waals surface area contributed by atoms with E-state index in [1.54, 1.807) is 11.8 Å². The molecule has 1 aliphatic carbocycles. The number of rotatable bonds is 3. The van der Waals surface area contributed by atoms with Crippen molar-refractivity contribution >= 4 is 17.6 Å². The highest BCUT2D eigenvalue weighted by molar-refractivity contribution is 6.31. The molecule has 1 saturated heterocycles. The van der Waals surface area contributed by atoms with E-state index < -0.39 is 6.10 Å². The second kappa shape index (κ2) is 7.07. The number of halogens is 1. The standard InChI is InChI=1S/C17H23ClN2O3/c1-11(21)9-12-10-23-8-7-20(12)17(22)19-16-6-5-13-14(16)3-2-4-15(13)18/h2-4,11-12,16,21H,5-10H2,1H3,(H,19,22). The number of nitrogens with one attached hydrogen (secondary N) is 1. The average Bonchev–Trinajstić information content (AvgIpc) is 2.92. The molecule has 5 nitrogen and oxygen atoms in total. The Kier molecular flexibility index (Phi) is 5.09. The number of carbonyl (C=O) groups excluding carboxylic acids is 1. The number of hydrogen-bond donors (Lipinski definition) is 2. The van der Waals surface area contributed by atoms with Crippen LogP contribution in [0, 0.1) is 0 Å². The number of amides is 2. The third-order valence-corrected chi connectivity index (χ3v) is 4.97. The van der Waals surface area contributed by atoms with E-state index in [1.807, 2.05) is 18.2 Å². The number of hydrogen-bond acceptors (Lipinski definition) is 3. The highest BCUT2D eigenvalue weighted by Gasteiger charge is 2.31. The van der Waals surface area contributed by atoms with E-state index in [-0.39, 0.29) is 18.1 Å². The Bertz CT molecular complexity index is 579. The molecule has 6 heteroatoms. The van der Waals surface area contributed by atoms with E-state index >= 15 is 0 Å². The highest BCUT2D eigenvalue weighted by Crippen LogP contribution is 2.35. The van der Waals surface area contributed by atoms with Gasteiger partial charge in [-0.25, -0.2) is 4.79 Å². The fourth-order valence-corrected chi connectivity index (χ4v) is 3.78. The van der Waals surface area contributed by atoms with Gasteiger partial charge in [-0.3, -0.25) is 0 Å². The van der Waals surface area contributed by atoms with Gasteiger partial charge in [-0.05, 0) is 43.4 Å². The summed E-state index contributed by atoms with van der Waals surface area (Å²) in [4.78, 5) is 14.5. The third-order valence-electron chi connectivity index (χ3n) is 4.61. The summed E-state index contributed by atoms with van der Waals surface area (Å²) in [6.07, 6.45) is 1.83. The van der Waals surface area contributed by atoms with Gasteiger partial charge in [0.1, 0.15) is 0 Å². The van der Waals surface area contributed by atoms with Crippen LogP contribution in [-0.2, 0) is 11.2 Å². The van der Waals surface area contributed by atoms with Crippen molar-refractivity contribution in [3.8, 4) is 0 Å². The van der Waals surface area contributed by atoms with Gasteiger partial charge in [-0.15, -0.1) is 0 Å². The van der Waals surface area contributed by atoms with Crippen LogP contribution in [0.25, 0.3) is 0 Å². The van der Waals surface area contributed by atoms with Gasteiger partial charge in [-0.2, -0.15) is 0 Å². The molecule has 1 heterocycles. The van der Waals surface area contributed by atoms with Crippen LogP contribution in [-0.4, -0.2) is 47.9 Å². The number of morpholine rings is 1. The number of fused-ring (bicyclic) bond motifs is 1. The van der Waals surface area contributed by atoms with Crippen LogP contribution in [0.1, 0.15) is 36.9 Å². The van der Waals surface area contributed by atoms with Gasteiger partial charge in [0, 0.05) is 11.6 Å². The molecule has 1 aromatic rings. The molecule has 3 atom stereocenters. The first kappa shape index (κ1) is 16.6. The number of aliphatic hydroxyl groups excluding tert-OH is 1. The highest BCUT2D eigenvalue weighted by atomic mass is 35.5. The first-order valence-corrected chi connectivity index (χ1v) is 8.54. The number of nitrogens with zero attached hydrogens (tertiary/aromatic N) is 1. The summed E-state index contributed by atoms with van der Waals surface area (Å²) in [6, 6.07) is 5.69. The first-order chi connectivity index (χ1) is 11.1. The van der Waals surface area contributed by atoms with Crippen LogP contribution in [0.3, 0.4) is 0 Å². The van der Waals surface area contributed by atoms with Gasteiger partial charge in [0.25, 0.3) is 0 Å². The van der Waals surface area contributed by atoms with Crippen LogP contribution >= 0.6 is 11.6 Å². The van der Waals surface area contributed by atoms with Crippen molar-refractivity contribution in [2.45, 2.75) is 44.4 Å². The fourth-order valence-electron chi connectivity index (χ4n) is 3.50. The molecule has 1 aliphatic heterocycles. The quantitative estimate of drug-likeness (QED) is 0.890. The lowest BCUT2D eigenvalue weighted by molar-refractivity contribution is -0.00482. The van der Waals surface area contributed by atoms with Crippen molar-refractivity contribution in [2.75, 3.05) is 19.8 Å². The van der Waals surface area contributed by atoms with Gasteiger partial charge in [0.05, 0.1) is 31.4 Å². The van der Waals surface area contributed by atoms with Crippen LogP contribution < -0.4 is 5.32 Å². The first-order valence-electron chi connectivity index (χ1n) is 8.16. The largest absolute Gasteiger partial charge is 0.393 e. The Balaban J connectivity index is 1.68. The predicted octanol–water partition coefficient (Wildman–Crippen LogP) is 2.51. The van der Waals surface area contributed by atoms with Crippen LogP contribution in [0.2, 0.25) is 5.02 Å². The fraction of sp³-hybridized carbons (Fsp3) is 0.588. The minimum absolute atomic E-state index is 0.00578. The minimum Gasteiger partial charge on any atom is -0.393 e. The summed E-state index contributed by atoms with van der Waals surface area (Å²) in [5, 5.41) is 13.5. The van der Waals surface area contributed by atoms with Gasteiger partial charge in [0.15, 0.2) is 0 Å². The second-order valence-corrected chi connectivity index (χ2v) is 6.76. The molecule has 3 rings (SSSR count). The second-order valence-electron chi connectivity index (χ2n) is 6.36. The molecule has 3 unspecified atom stereocenters. The monoisotopic (exact) mass is 338 g/mol. The molecule has 2 aliphatic rings. The summed E-state index contributed by atoms with van der Waals surface area (Å²) in [5.74, 6) is 0. The molecule has 1 aromatic carbocycles. The molecule has 0 bridgehead atoms. The summed E-state index contributed by atoms with van der Waals surface area (Å²) in [6.45, 7) is 3.31. The Morgan fingerprint density at radius 3 is 3.17 bits per heavy atom. The zero-order valence-electron chi connectivity index (χ0n) is 13.3. The van der Waals surface area contributed by atoms with Crippen molar-refractivity contribution in [3.05, 3.63) is 34.3 Å². The topological polar surface area (TPSA) is 61.8 Å². The van der Waals surface area contributed by atoms with E-state index in [1.165, 1.54) is 0 Å². The van der Waals surface area contributed by atoms with Gasteiger partial charge in [0.2, 0.25) is 0 Å². The van der Waals surface area contributed by atoms with E-state index in [9.17, 15) is 9.90 Å². The molecule has 0 saturated carbocycles. The molecule has 0 radical (unpaired) electrons. The summed E-state index contributed by atoms with van der Waals surface area (Å²) in [7, 11) is 0. The number of carbonyl (C=O) groups is 1. The van der Waals surface area contributed by atoms with Gasteiger partial charge >= 0.3 is 6.03 Å². The molecule has 0 aromatic heterocycles. The zero-order chi connectivity index (χ0) is 16.4. The Hall–Kier alpha value is -1.30. The van der Waals surface area contributed by atoms with Gasteiger partial charge in [-0.1, -0.05) is 23.7 Å². The summed E-state index contributed by atoms with van der Waals surface area (Å²) < 4.78 is 5.46. The van der Waals surface area contributed by atoms with E-state index in [0.29, 0.717) is 26.2 Å². The summed E-state index contributed by atoms with van der Waals surface area (Å²) in [5.41, 5.74) is 2.26. The maximum Gasteiger partial charge on any atom is 0.318 e. The van der Waals surface area contributed by atoms with Crippen LogP contribution in [0.4, 0.5) is 4.79 Å². The van der Waals surface area contributed by atoms with E-state index in [2.05, 4.69) is 5.32 Å². The van der Waals surface area contributed by atoms with Crippen molar-refractivity contribution in [2.24, 2.45) is 0 Å². The number of benzene rings is 1. The molecule has 2 amide bonds. The van der Waals surface area contributed by atoms with E-state index in [0.717, 1.165) is 29.0 Å². The lowest BCUT2D eigenvalue weighted by Crippen LogP contribution is -2.53. The lowest BCUT2D eigenvalue weighted by atomic mass is 10.1. The third kappa shape index (κ3) is 3.62. The smallest absolute Gasteiger partial charge is 0.318 e. The molecular weight excluding hydrogens is 316 g/mol. The Morgan fingerprint density at radius 2 is 2.39 bits per heavy atom. The van der Waals surface area contributed by atoms with Crippen molar-refractivity contribution in [1.82, 2.24) is 10.2 Å². The normalized spacial score (nSPS) is 25.1. The molecule has 23 heavy (non-hydrogen) atoms. The van der Waals surface area contributed by atoms with Gasteiger partial charge < -0.3 is 20.1 Å². The number of urea groups is 1. The lowest BCUT2D eigenvalue weighted by Gasteiger charge is -2.37. The molecule has 0 spiro atoms. The predicted molar refractivity (Wildman–Crippen MR) is 88.7 cm³/mol. The molecular formula is C17H23ClN2O3. The van der Waals surface area contributed by atoms with Crippen molar-refractivity contribution < 1.29 is 14.6 Å². The minimum atomic E-state index is -0.456. The average molecular weight is 339 g/mol. The van der Waals surface area contributed by atoms with Crippen molar-refractivity contribution in [3.63, 3.8) is 0 Å². The van der Waals surface area contributed by atoms with Crippen LogP contribution in [0.5, 0.6) is 0 Å². The molecule has 1 fully saturated rings. The SMILES string of the molecule is CC(O)CC1COCCN1C(=O)NC1CCc2c(Cl)cccc21. The maximum atomic E-state index is 12.7. The van der Waals surface area contributed by atoms with Crippen LogP contribution in [0.15, 0.2) is 18.2 Å². The number of aliphatic hydroxyl groups is 1. The molecule has 126 valence electrons.